The van der Waals surface area contributed by atoms with Crippen molar-refractivity contribution in [1.82, 2.24) is 4.90 Å². The van der Waals surface area contributed by atoms with Crippen molar-refractivity contribution in [3.05, 3.63) is 23.6 Å². The fourth-order valence-electron chi connectivity index (χ4n) is 1.69. The Morgan fingerprint density at radius 1 is 1.58 bits per heavy atom. The first-order valence-corrected chi connectivity index (χ1v) is 4.53. The van der Waals surface area contributed by atoms with Gasteiger partial charge in [0, 0.05) is 7.05 Å². The van der Waals surface area contributed by atoms with Crippen LogP contribution in [0.15, 0.2) is 23.6 Å². The standard InChI is InChI=1S/C10H15NO/c1-8-3-4-9-10(7-8)12-6-5-11(9)2/h4,7-8H,3,5-6H2,1-2H3. The van der Waals surface area contributed by atoms with Gasteiger partial charge in [-0.25, -0.2) is 0 Å². The first-order valence-electron chi connectivity index (χ1n) is 4.53. The smallest absolute Gasteiger partial charge is 0.138 e. The second-order valence-corrected chi connectivity index (χ2v) is 3.60. The molecule has 0 saturated carbocycles. The summed E-state index contributed by atoms with van der Waals surface area (Å²) in [7, 11) is 2.12. The molecule has 0 radical (unpaired) electrons. The molecule has 0 spiro atoms. The zero-order chi connectivity index (χ0) is 8.55. The zero-order valence-corrected chi connectivity index (χ0v) is 7.71. The minimum absolute atomic E-state index is 0.634. The highest BCUT2D eigenvalue weighted by atomic mass is 16.5. The van der Waals surface area contributed by atoms with Gasteiger partial charge < -0.3 is 9.64 Å². The Bertz CT molecular complexity index is 242. The lowest BCUT2D eigenvalue weighted by Crippen LogP contribution is -2.31. The summed E-state index contributed by atoms with van der Waals surface area (Å²) in [6.07, 6.45) is 5.65. The molecule has 0 bridgehead atoms. The van der Waals surface area contributed by atoms with Gasteiger partial charge in [-0.05, 0) is 18.4 Å². The number of fused-ring (bicyclic) bond motifs is 1. The second kappa shape index (κ2) is 2.85. The molecule has 1 atom stereocenters. The molecule has 1 fully saturated rings. The Labute approximate surface area is 73.5 Å². The van der Waals surface area contributed by atoms with E-state index in [9.17, 15) is 0 Å². The van der Waals surface area contributed by atoms with Gasteiger partial charge in [0.2, 0.25) is 0 Å². The van der Waals surface area contributed by atoms with E-state index in [4.69, 9.17) is 4.74 Å². The average molecular weight is 165 g/mol. The van der Waals surface area contributed by atoms with Crippen LogP contribution in [-0.2, 0) is 4.74 Å². The fraction of sp³-hybridized carbons (Fsp3) is 0.600. The lowest BCUT2D eigenvalue weighted by atomic mass is 9.99. The summed E-state index contributed by atoms with van der Waals surface area (Å²) in [5.74, 6) is 1.72. The van der Waals surface area contributed by atoms with Crippen molar-refractivity contribution in [1.29, 1.82) is 0 Å². The third-order valence-corrected chi connectivity index (χ3v) is 2.47. The minimum atomic E-state index is 0.634. The van der Waals surface area contributed by atoms with Crippen molar-refractivity contribution >= 4 is 0 Å². The Hall–Kier alpha value is -0.920. The van der Waals surface area contributed by atoms with E-state index >= 15 is 0 Å². The molecule has 1 aliphatic heterocycles. The number of allylic oxidation sites excluding steroid dienone is 2. The number of likely N-dealkylation sites (N-methyl/N-ethyl adjacent to an activating group) is 1. The van der Waals surface area contributed by atoms with Crippen molar-refractivity contribution < 1.29 is 4.74 Å². The zero-order valence-electron chi connectivity index (χ0n) is 7.71. The molecule has 1 heterocycles. The Kier molecular flexibility index (Phi) is 1.83. The van der Waals surface area contributed by atoms with Crippen molar-refractivity contribution in [3.63, 3.8) is 0 Å². The van der Waals surface area contributed by atoms with Crippen LogP contribution in [0.5, 0.6) is 0 Å². The van der Waals surface area contributed by atoms with E-state index in [1.165, 1.54) is 5.70 Å². The van der Waals surface area contributed by atoms with Gasteiger partial charge in [-0.2, -0.15) is 0 Å². The molecule has 1 aliphatic carbocycles. The number of rotatable bonds is 0. The van der Waals surface area contributed by atoms with Gasteiger partial charge in [0.25, 0.3) is 0 Å². The maximum atomic E-state index is 5.57. The van der Waals surface area contributed by atoms with Crippen LogP contribution in [0.1, 0.15) is 13.3 Å². The number of hydrogen-bond donors (Lipinski definition) is 0. The van der Waals surface area contributed by atoms with Crippen molar-refractivity contribution in [2.24, 2.45) is 5.92 Å². The molecular formula is C10H15NO. The summed E-state index contributed by atoms with van der Waals surface area (Å²) in [6.45, 7) is 4.06. The molecule has 2 aliphatic rings. The maximum absolute atomic E-state index is 5.57. The quantitative estimate of drug-likeness (QED) is 0.542. The van der Waals surface area contributed by atoms with Gasteiger partial charge in [0.15, 0.2) is 0 Å². The van der Waals surface area contributed by atoms with Crippen LogP contribution in [0.2, 0.25) is 0 Å². The highest BCUT2D eigenvalue weighted by Gasteiger charge is 2.21. The molecule has 12 heavy (non-hydrogen) atoms. The van der Waals surface area contributed by atoms with Crippen molar-refractivity contribution in [2.75, 3.05) is 20.2 Å². The van der Waals surface area contributed by atoms with Crippen LogP contribution in [0.3, 0.4) is 0 Å². The van der Waals surface area contributed by atoms with Gasteiger partial charge in [-0.1, -0.05) is 13.0 Å². The number of hydrogen-bond acceptors (Lipinski definition) is 2. The van der Waals surface area contributed by atoms with Crippen LogP contribution in [0.4, 0.5) is 0 Å². The molecule has 2 nitrogen and oxygen atoms in total. The lowest BCUT2D eigenvalue weighted by Gasteiger charge is -2.32. The van der Waals surface area contributed by atoms with Crippen molar-refractivity contribution in [3.8, 4) is 0 Å². The van der Waals surface area contributed by atoms with Crippen molar-refractivity contribution in [2.45, 2.75) is 13.3 Å². The molecular weight excluding hydrogens is 150 g/mol. The highest BCUT2D eigenvalue weighted by Crippen LogP contribution is 2.27. The summed E-state index contributed by atoms with van der Waals surface area (Å²) in [6, 6.07) is 0. The predicted molar refractivity (Wildman–Crippen MR) is 48.5 cm³/mol. The number of morpholine rings is 1. The molecule has 2 rings (SSSR count). The third kappa shape index (κ3) is 1.22. The molecule has 1 saturated heterocycles. The van der Waals surface area contributed by atoms with Crippen LogP contribution < -0.4 is 0 Å². The third-order valence-electron chi connectivity index (χ3n) is 2.47. The van der Waals surface area contributed by atoms with E-state index in [2.05, 4.69) is 31.0 Å². The van der Waals surface area contributed by atoms with Crippen LogP contribution in [0.25, 0.3) is 0 Å². The van der Waals surface area contributed by atoms with E-state index in [0.29, 0.717) is 5.92 Å². The summed E-state index contributed by atoms with van der Waals surface area (Å²) in [5.41, 5.74) is 1.28. The second-order valence-electron chi connectivity index (χ2n) is 3.60. The fourth-order valence-corrected chi connectivity index (χ4v) is 1.69. The van der Waals surface area contributed by atoms with E-state index in [-0.39, 0.29) is 0 Å². The first-order chi connectivity index (χ1) is 5.77. The summed E-state index contributed by atoms with van der Waals surface area (Å²) >= 11 is 0. The van der Waals surface area contributed by atoms with E-state index in [0.717, 1.165) is 25.3 Å². The molecule has 0 aromatic heterocycles. The Morgan fingerprint density at radius 3 is 3.25 bits per heavy atom. The van der Waals surface area contributed by atoms with Gasteiger partial charge in [-0.3, -0.25) is 0 Å². The Morgan fingerprint density at radius 2 is 2.42 bits per heavy atom. The summed E-state index contributed by atoms with van der Waals surface area (Å²) in [4.78, 5) is 2.27. The van der Waals surface area contributed by atoms with Gasteiger partial charge >= 0.3 is 0 Å². The summed E-state index contributed by atoms with van der Waals surface area (Å²) < 4.78 is 5.57. The highest BCUT2D eigenvalue weighted by molar-refractivity contribution is 5.30. The van der Waals surface area contributed by atoms with Gasteiger partial charge in [-0.15, -0.1) is 0 Å². The normalized spacial score (nSPS) is 28.5. The average Bonchev–Trinajstić information content (AvgIpc) is 2.04. The van der Waals surface area contributed by atoms with Crippen LogP contribution >= 0.6 is 0 Å². The maximum Gasteiger partial charge on any atom is 0.138 e. The first kappa shape index (κ1) is 7.71. The van der Waals surface area contributed by atoms with E-state index in [1.54, 1.807) is 0 Å². The molecule has 2 heteroatoms. The topological polar surface area (TPSA) is 12.5 Å². The SMILES string of the molecule is CC1C=C2OCCN(C)C2=CC1. The van der Waals surface area contributed by atoms with Crippen LogP contribution in [-0.4, -0.2) is 25.1 Å². The molecule has 66 valence electrons. The molecule has 0 aromatic carbocycles. The molecule has 0 aromatic rings. The number of ether oxygens (including phenoxy) is 1. The predicted octanol–water partition coefficient (Wildman–Crippen LogP) is 1.76. The molecule has 0 N–H and O–H groups in total. The van der Waals surface area contributed by atoms with Gasteiger partial charge in [0.1, 0.15) is 12.4 Å². The molecule has 0 amide bonds. The van der Waals surface area contributed by atoms with E-state index < -0.39 is 0 Å². The van der Waals surface area contributed by atoms with Gasteiger partial charge in [0.05, 0.1) is 12.2 Å². The Balaban J connectivity index is 2.24. The summed E-state index contributed by atoms with van der Waals surface area (Å²) in [5, 5.41) is 0. The monoisotopic (exact) mass is 165 g/mol. The minimum Gasteiger partial charge on any atom is -0.490 e. The lowest BCUT2D eigenvalue weighted by molar-refractivity contribution is 0.137. The largest absolute Gasteiger partial charge is 0.490 e. The number of nitrogens with zero attached hydrogens (tertiary/aromatic N) is 1. The molecule has 1 unspecified atom stereocenters. The van der Waals surface area contributed by atoms with Crippen LogP contribution in [0, 0.1) is 5.92 Å². The van der Waals surface area contributed by atoms with E-state index in [1.807, 2.05) is 0 Å².